The maximum atomic E-state index is 12.7. The molecule has 0 aromatic carbocycles. The van der Waals surface area contributed by atoms with Gasteiger partial charge in [0.1, 0.15) is 0 Å². The van der Waals surface area contributed by atoms with Crippen LogP contribution in [0.25, 0.3) is 0 Å². The highest BCUT2D eigenvalue weighted by Crippen LogP contribution is 2.24. The molecular weight excluding hydrogens is 248 g/mol. The zero-order valence-electron chi connectivity index (χ0n) is 13.4. The van der Waals surface area contributed by atoms with Crippen LogP contribution in [0.15, 0.2) is 0 Å². The van der Waals surface area contributed by atoms with E-state index in [0.717, 1.165) is 19.5 Å². The van der Waals surface area contributed by atoms with Gasteiger partial charge in [-0.25, -0.2) is 0 Å². The second-order valence-electron chi connectivity index (χ2n) is 6.50. The normalized spacial score (nSPS) is 25.1. The van der Waals surface area contributed by atoms with E-state index < -0.39 is 0 Å². The fourth-order valence-electron chi connectivity index (χ4n) is 3.96. The molecule has 0 aromatic heterocycles. The van der Waals surface area contributed by atoms with Gasteiger partial charge in [0.2, 0.25) is 5.91 Å². The molecule has 3 heteroatoms. The molecule has 1 unspecified atom stereocenters. The number of rotatable bonds is 5. The quantitative estimate of drug-likeness (QED) is 0.770. The number of piperidine rings is 1. The van der Waals surface area contributed by atoms with E-state index in [1.807, 2.05) is 0 Å². The van der Waals surface area contributed by atoms with E-state index in [1.54, 1.807) is 0 Å². The van der Waals surface area contributed by atoms with E-state index in [-0.39, 0.29) is 0 Å². The number of likely N-dealkylation sites (tertiary alicyclic amines) is 1. The molecule has 116 valence electrons. The van der Waals surface area contributed by atoms with Crippen molar-refractivity contribution in [1.82, 2.24) is 9.80 Å². The summed E-state index contributed by atoms with van der Waals surface area (Å²) in [6, 6.07) is 1.16. The van der Waals surface area contributed by atoms with E-state index in [0.29, 0.717) is 24.5 Å². The van der Waals surface area contributed by atoms with Crippen molar-refractivity contribution in [2.24, 2.45) is 0 Å². The fraction of sp³-hybridized carbons (Fsp3) is 0.941. The van der Waals surface area contributed by atoms with Crippen LogP contribution in [0.3, 0.4) is 0 Å². The summed E-state index contributed by atoms with van der Waals surface area (Å²) in [6.45, 7) is 7.07. The third kappa shape index (κ3) is 3.97. The number of nitrogens with zero attached hydrogens (tertiary/aromatic N) is 2. The number of hydrogen-bond acceptors (Lipinski definition) is 2. The largest absolute Gasteiger partial charge is 0.339 e. The molecule has 1 aliphatic carbocycles. The molecule has 2 rings (SSSR count). The average Bonchev–Trinajstić information content (AvgIpc) is 2.53. The number of carbonyl (C=O) groups excluding carboxylic acids is 1. The highest BCUT2D eigenvalue weighted by atomic mass is 16.2. The molecule has 0 spiro atoms. The standard InChI is InChI=1S/C17H32N2O/c1-3-15-10-8-9-13-19(15)17(20)14-18(4-2)16-11-6-5-7-12-16/h15-16H,3-14H2,1-2H3. The highest BCUT2D eigenvalue weighted by molar-refractivity contribution is 5.78. The van der Waals surface area contributed by atoms with Gasteiger partial charge in [0, 0.05) is 18.6 Å². The van der Waals surface area contributed by atoms with E-state index >= 15 is 0 Å². The summed E-state index contributed by atoms with van der Waals surface area (Å²) in [5.74, 6) is 0.379. The van der Waals surface area contributed by atoms with Gasteiger partial charge < -0.3 is 4.90 Å². The van der Waals surface area contributed by atoms with Crippen molar-refractivity contribution in [3.05, 3.63) is 0 Å². The Morgan fingerprint density at radius 3 is 2.40 bits per heavy atom. The van der Waals surface area contributed by atoms with Gasteiger partial charge in [-0.2, -0.15) is 0 Å². The molecule has 1 amide bonds. The lowest BCUT2D eigenvalue weighted by molar-refractivity contribution is -0.136. The van der Waals surface area contributed by atoms with Gasteiger partial charge in [-0.15, -0.1) is 0 Å². The fourth-order valence-corrected chi connectivity index (χ4v) is 3.96. The minimum Gasteiger partial charge on any atom is -0.339 e. The molecule has 0 bridgehead atoms. The molecule has 1 atom stereocenters. The van der Waals surface area contributed by atoms with Crippen LogP contribution in [-0.4, -0.2) is 47.4 Å². The Morgan fingerprint density at radius 1 is 1.05 bits per heavy atom. The maximum Gasteiger partial charge on any atom is 0.237 e. The second-order valence-corrected chi connectivity index (χ2v) is 6.50. The van der Waals surface area contributed by atoms with E-state index in [9.17, 15) is 4.79 Å². The van der Waals surface area contributed by atoms with Crippen LogP contribution < -0.4 is 0 Å². The lowest BCUT2D eigenvalue weighted by Crippen LogP contribution is -2.50. The Kier molecular flexibility index (Phi) is 6.34. The van der Waals surface area contributed by atoms with Crippen LogP contribution in [0.1, 0.15) is 71.6 Å². The topological polar surface area (TPSA) is 23.6 Å². The molecule has 0 radical (unpaired) electrons. The van der Waals surface area contributed by atoms with E-state index in [1.165, 1.54) is 51.4 Å². The summed E-state index contributed by atoms with van der Waals surface area (Å²) in [7, 11) is 0. The van der Waals surface area contributed by atoms with Crippen LogP contribution in [0, 0.1) is 0 Å². The molecule has 20 heavy (non-hydrogen) atoms. The van der Waals surface area contributed by atoms with Gasteiger partial charge in [0.25, 0.3) is 0 Å². The maximum absolute atomic E-state index is 12.7. The van der Waals surface area contributed by atoms with E-state index in [2.05, 4.69) is 23.6 Å². The van der Waals surface area contributed by atoms with Gasteiger partial charge in [-0.05, 0) is 45.1 Å². The molecule has 3 nitrogen and oxygen atoms in total. The summed E-state index contributed by atoms with van der Waals surface area (Å²) in [5.41, 5.74) is 0. The second kappa shape index (κ2) is 8.02. The zero-order valence-corrected chi connectivity index (χ0v) is 13.4. The zero-order chi connectivity index (χ0) is 14.4. The molecule has 1 aliphatic heterocycles. The van der Waals surface area contributed by atoms with Crippen LogP contribution in [0.4, 0.5) is 0 Å². The average molecular weight is 280 g/mol. The van der Waals surface area contributed by atoms with Crippen molar-refractivity contribution < 1.29 is 4.79 Å². The summed E-state index contributed by atoms with van der Waals surface area (Å²) in [4.78, 5) is 17.3. The van der Waals surface area contributed by atoms with Crippen LogP contribution in [0.2, 0.25) is 0 Å². The molecule has 2 fully saturated rings. The van der Waals surface area contributed by atoms with Crippen molar-refractivity contribution in [3.63, 3.8) is 0 Å². The van der Waals surface area contributed by atoms with E-state index in [4.69, 9.17) is 0 Å². The highest BCUT2D eigenvalue weighted by Gasteiger charge is 2.28. The van der Waals surface area contributed by atoms with Crippen molar-refractivity contribution in [3.8, 4) is 0 Å². The lowest BCUT2D eigenvalue weighted by Gasteiger charge is -2.39. The third-order valence-electron chi connectivity index (χ3n) is 5.25. The lowest BCUT2D eigenvalue weighted by atomic mass is 9.94. The summed E-state index contributed by atoms with van der Waals surface area (Å²) in [6.07, 6.45) is 11.5. The summed E-state index contributed by atoms with van der Waals surface area (Å²) in [5, 5.41) is 0. The third-order valence-corrected chi connectivity index (χ3v) is 5.25. The summed E-state index contributed by atoms with van der Waals surface area (Å²) >= 11 is 0. The van der Waals surface area contributed by atoms with Crippen molar-refractivity contribution >= 4 is 5.91 Å². The first-order valence-corrected chi connectivity index (χ1v) is 8.79. The monoisotopic (exact) mass is 280 g/mol. The van der Waals surface area contributed by atoms with Crippen LogP contribution in [-0.2, 0) is 4.79 Å². The van der Waals surface area contributed by atoms with Crippen molar-refractivity contribution in [1.29, 1.82) is 0 Å². The van der Waals surface area contributed by atoms with Crippen LogP contribution >= 0.6 is 0 Å². The van der Waals surface area contributed by atoms with Gasteiger partial charge in [0.05, 0.1) is 6.54 Å². The van der Waals surface area contributed by atoms with Crippen molar-refractivity contribution in [2.75, 3.05) is 19.6 Å². The molecule has 0 N–H and O–H groups in total. The molecule has 2 aliphatic rings. The Morgan fingerprint density at radius 2 is 1.75 bits per heavy atom. The SMILES string of the molecule is CCC1CCCCN1C(=O)CN(CC)C1CCCCC1. The molecule has 0 aromatic rings. The first-order valence-electron chi connectivity index (χ1n) is 8.79. The van der Waals surface area contributed by atoms with Gasteiger partial charge >= 0.3 is 0 Å². The van der Waals surface area contributed by atoms with Crippen LogP contribution in [0.5, 0.6) is 0 Å². The predicted octanol–water partition coefficient (Wildman–Crippen LogP) is 3.43. The first kappa shape index (κ1) is 15.8. The number of likely N-dealkylation sites (N-methyl/N-ethyl adjacent to an activating group) is 1. The molecule has 1 saturated carbocycles. The first-order chi connectivity index (χ1) is 9.76. The minimum atomic E-state index is 0.379. The van der Waals surface area contributed by atoms with Gasteiger partial charge in [0.15, 0.2) is 0 Å². The number of carbonyl (C=O) groups is 1. The Hall–Kier alpha value is -0.570. The molecular formula is C17H32N2O. The summed E-state index contributed by atoms with van der Waals surface area (Å²) < 4.78 is 0. The van der Waals surface area contributed by atoms with Gasteiger partial charge in [-0.3, -0.25) is 9.69 Å². The molecule has 1 heterocycles. The van der Waals surface area contributed by atoms with Gasteiger partial charge in [-0.1, -0.05) is 33.1 Å². The Balaban J connectivity index is 1.90. The number of amides is 1. The predicted molar refractivity (Wildman–Crippen MR) is 83.8 cm³/mol. The van der Waals surface area contributed by atoms with Crippen molar-refractivity contribution in [2.45, 2.75) is 83.7 Å². The number of hydrogen-bond donors (Lipinski definition) is 0. The molecule has 1 saturated heterocycles. The minimum absolute atomic E-state index is 0.379. The Bertz CT molecular complexity index is 299. The Labute approximate surface area is 124 Å². The smallest absolute Gasteiger partial charge is 0.237 e.